The molecule has 0 saturated heterocycles. The van der Waals surface area contributed by atoms with Gasteiger partial charge in [-0.2, -0.15) is 0 Å². The molecule has 0 saturated carbocycles. The van der Waals surface area contributed by atoms with Crippen LogP contribution in [0.25, 0.3) is 10.8 Å². The molecule has 0 aliphatic rings. The molecule has 4 nitrogen and oxygen atoms in total. The van der Waals surface area contributed by atoms with E-state index in [-0.39, 0.29) is 0 Å². The highest BCUT2D eigenvalue weighted by Gasteiger charge is 2.13. The second-order valence-electron chi connectivity index (χ2n) is 6.75. The van der Waals surface area contributed by atoms with E-state index in [0.717, 1.165) is 23.8 Å². The zero-order chi connectivity index (χ0) is 18.8. The molecule has 2 aromatic rings. The third-order valence-electron chi connectivity index (χ3n) is 4.69. The summed E-state index contributed by atoms with van der Waals surface area (Å²) in [5.41, 5.74) is 0. The van der Waals surface area contributed by atoms with Crippen molar-refractivity contribution in [3.8, 4) is 0 Å². The lowest BCUT2D eigenvalue weighted by atomic mass is 10.0. The van der Waals surface area contributed by atoms with E-state index in [0.29, 0.717) is 30.4 Å². The van der Waals surface area contributed by atoms with E-state index in [4.69, 9.17) is 4.74 Å². The van der Waals surface area contributed by atoms with Crippen LogP contribution in [-0.4, -0.2) is 28.2 Å². The van der Waals surface area contributed by atoms with Crippen LogP contribution in [0.2, 0.25) is 0 Å². The highest BCUT2D eigenvalue weighted by molar-refractivity contribution is 7.89. The van der Waals surface area contributed by atoms with E-state index in [1.807, 2.05) is 30.3 Å². The number of hydrogen-bond acceptors (Lipinski definition) is 3. The van der Waals surface area contributed by atoms with Crippen molar-refractivity contribution in [1.82, 2.24) is 4.72 Å². The van der Waals surface area contributed by atoms with Crippen molar-refractivity contribution in [2.75, 3.05) is 19.8 Å². The van der Waals surface area contributed by atoms with E-state index in [1.54, 1.807) is 12.1 Å². The van der Waals surface area contributed by atoms with Gasteiger partial charge in [-0.1, -0.05) is 63.4 Å². The van der Waals surface area contributed by atoms with Gasteiger partial charge in [0.15, 0.2) is 0 Å². The van der Waals surface area contributed by atoms with Crippen LogP contribution in [-0.2, 0) is 14.8 Å². The fourth-order valence-electron chi connectivity index (χ4n) is 2.95. The molecule has 144 valence electrons. The maximum absolute atomic E-state index is 12.4. The first-order chi connectivity index (χ1) is 12.6. The van der Waals surface area contributed by atoms with Crippen molar-refractivity contribution in [3.05, 3.63) is 42.5 Å². The number of rotatable bonds is 12. The molecule has 0 aliphatic heterocycles. The number of fused-ring (bicyclic) bond motifs is 1. The van der Waals surface area contributed by atoms with E-state index in [1.165, 1.54) is 19.3 Å². The molecule has 1 unspecified atom stereocenters. The molecule has 0 radical (unpaired) electrons. The van der Waals surface area contributed by atoms with Crippen LogP contribution < -0.4 is 4.72 Å². The third-order valence-corrected chi connectivity index (χ3v) is 6.14. The van der Waals surface area contributed by atoms with Crippen molar-refractivity contribution in [2.24, 2.45) is 5.92 Å². The fourth-order valence-corrected chi connectivity index (χ4v) is 4.06. The summed E-state index contributed by atoms with van der Waals surface area (Å²) in [6, 6.07) is 13.0. The molecule has 26 heavy (non-hydrogen) atoms. The van der Waals surface area contributed by atoms with Crippen LogP contribution in [0.1, 0.15) is 46.0 Å². The Balaban J connectivity index is 1.75. The molecular formula is C21H31NO3S. The summed E-state index contributed by atoms with van der Waals surface area (Å²) in [6.45, 7) is 6.15. The summed E-state index contributed by atoms with van der Waals surface area (Å²) in [7, 11) is -3.48. The number of nitrogens with one attached hydrogen (secondary N) is 1. The van der Waals surface area contributed by atoms with Crippen molar-refractivity contribution >= 4 is 20.8 Å². The first kappa shape index (κ1) is 20.9. The molecule has 0 heterocycles. The zero-order valence-electron chi connectivity index (χ0n) is 15.9. The predicted octanol–water partition coefficient (Wildman–Crippen LogP) is 4.74. The largest absolute Gasteiger partial charge is 0.381 e. The Morgan fingerprint density at radius 1 is 1.04 bits per heavy atom. The summed E-state index contributed by atoms with van der Waals surface area (Å²) in [4.78, 5) is 0.308. The van der Waals surface area contributed by atoms with Crippen LogP contribution in [0.15, 0.2) is 47.4 Å². The predicted molar refractivity (Wildman–Crippen MR) is 108 cm³/mol. The Bertz CT molecular complexity index is 774. The second-order valence-corrected chi connectivity index (χ2v) is 8.52. The molecule has 0 aliphatic carbocycles. The van der Waals surface area contributed by atoms with Gasteiger partial charge in [-0.3, -0.25) is 0 Å². The van der Waals surface area contributed by atoms with E-state index in [2.05, 4.69) is 18.6 Å². The average Bonchev–Trinajstić information content (AvgIpc) is 2.66. The molecule has 1 atom stereocenters. The van der Waals surface area contributed by atoms with Crippen molar-refractivity contribution < 1.29 is 13.2 Å². The standard InChI is InChI=1S/C21H31NO3S/c1-3-5-9-18(4-2)17-25-15-8-14-22-26(23,24)21-13-12-19-10-6-7-11-20(19)16-21/h6-7,10-13,16,18,22H,3-5,8-9,14-15,17H2,1-2H3. The lowest BCUT2D eigenvalue weighted by Crippen LogP contribution is -2.25. The lowest BCUT2D eigenvalue weighted by Gasteiger charge is -2.14. The van der Waals surface area contributed by atoms with Crippen molar-refractivity contribution in [3.63, 3.8) is 0 Å². The first-order valence-corrected chi connectivity index (χ1v) is 11.1. The topological polar surface area (TPSA) is 55.4 Å². The highest BCUT2D eigenvalue weighted by atomic mass is 32.2. The summed E-state index contributed by atoms with van der Waals surface area (Å²) in [5.74, 6) is 0.615. The zero-order valence-corrected chi connectivity index (χ0v) is 16.7. The molecule has 0 aromatic heterocycles. The average molecular weight is 378 g/mol. The quantitative estimate of drug-likeness (QED) is 0.544. The number of sulfonamides is 1. The van der Waals surface area contributed by atoms with Crippen molar-refractivity contribution in [2.45, 2.75) is 50.8 Å². The van der Waals surface area contributed by atoms with Crippen LogP contribution in [0, 0.1) is 5.92 Å². The normalized spacial score (nSPS) is 13.2. The maximum Gasteiger partial charge on any atom is 0.240 e. The van der Waals surface area contributed by atoms with Gasteiger partial charge in [0, 0.05) is 19.8 Å². The Hall–Kier alpha value is -1.43. The molecule has 0 amide bonds. The lowest BCUT2D eigenvalue weighted by molar-refractivity contribution is 0.0928. The monoisotopic (exact) mass is 377 g/mol. The van der Waals surface area contributed by atoms with Crippen LogP contribution >= 0.6 is 0 Å². The smallest absolute Gasteiger partial charge is 0.240 e. The van der Waals surface area contributed by atoms with E-state index >= 15 is 0 Å². The minimum absolute atomic E-state index is 0.308. The Labute approximate surface area is 158 Å². The Morgan fingerprint density at radius 3 is 2.54 bits per heavy atom. The minimum Gasteiger partial charge on any atom is -0.381 e. The Morgan fingerprint density at radius 2 is 1.81 bits per heavy atom. The van der Waals surface area contributed by atoms with Gasteiger partial charge in [0.2, 0.25) is 10.0 Å². The minimum atomic E-state index is -3.48. The molecule has 2 rings (SSSR count). The maximum atomic E-state index is 12.4. The van der Waals surface area contributed by atoms with Crippen LogP contribution in [0.4, 0.5) is 0 Å². The number of unbranched alkanes of at least 4 members (excludes halogenated alkanes) is 1. The summed E-state index contributed by atoms with van der Waals surface area (Å²) >= 11 is 0. The molecule has 0 fully saturated rings. The number of ether oxygens (including phenoxy) is 1. The molecular weight excluding hydrogens is 346 g/mol. The van der Waals surface area contributed by atoms with E-state index < -0.39 is 10.0 Å². The molecule has 0 spiro atoms. The fraction of sp³-hybridized carbons (Fsp3) is 0.524. The van der Waals surface area contributed by atoms with E-state index in [9.17, 15) is 8.42 Å². The van der Waals surface area contributed by atoms with Gasteiger partial charge < -0.3 is 4.74 Å². The van der Waals surface area contributed by atoms with Gasteiger partial charge in [-0.25, -0.2) is 13.1 Å². The van der Waals surface area contributed by atoms with Gasteiger partial charge in [0.1, 0.15) is 0 Å². The van der Waals surface area contributed by atoms with Gasteiger partial charge in [-0.05, 0) is 41.7 Å². The van der Waals surface area contributed by atoms with Crippen LogP contribution in [0.5, 0.6) is 0 Å². The third kappa shape index (κ3) is 6.38. The van der Waals surface area contributed by atoms with Gasteiger partial charge >= 0.3 is 0 Å². The number of hydrogen-bond donors (Lipinski definition) is 1. The summed E-state index contributed by atoms with van der Waals surface area (Å²) in [6.07, 6.45) is 5.48. The van der Waals surface area contributed by atoms with Crippen molar-refractivity contribution in [1.29, 1.82) is 0 Å². The summed E-state index contributed by atoms with van der Waals surface area (Å²) in [5, 5.41) is 1.96. The Kier molecular flexibility index (Phi) is 8.55. The highest BCUT2D eigenvalue weighted by Crippen LogP contribution is 2.18. The first-order valence-electron chi connectivity index (χ1n) is 9.63. The van der Waals surface area contributed by atoms with Gasteiger partial charge in [-0.15, -0.1) is 0 Å². The number of benzene rings is 2. The SMILES string of the molecule is CCCCC(CC)COCCCNS(=O)(=O)c1ccc2ccccc2c1. The van der Waals surface area contributed by atoms with Gasteiger partial charge in [0.25, 0.3) is 0 Å². The summed E-state index contributed by atoms with van der Waals surface area (Å²) < 4.78 is 33.3. The molecule has 2 aromatic carbocycles. The molecule has 0 bridgehead atoms. The molecule has 1 N–H and O–H groups in total. The van der Waals surface area contributed by atoms with Crippen LogP contribution in [0.3, 0.4) is 0 Å². The molecule has 5 heteroatoms. The second kappa shape index (κ2) is 10.7. The van der Waals surface area contributed by atoms with Gasteiger partial charge in [0.05, 0.1) is 4.90 Å².